The molecule has 0 saturated carbocycles. The monoisotopic (exact) mass is 352 g/mol. The van der Waals surface area contributed by atoms with Crippen molar-refractivity contribution in [3.63, 3.8) is 0 Å². The minimum atomic E-state index is 0.767. The Morgan fingerprint density at radius 1 is 1.05 bits per heavy atom. The second kappa shape index (κ2) is 7.67. The van der Waals surface area contributed by atoms with Crippen molar-refractivity contribution in [2.24, 2.45) is 0 Å². The largest absolute Gasteiger partial charge is 0.384 e. The average molecular weight is 354 g/mol. The van der Waals surface area contributed by atoms with Gasteiger partial charge in [0, 0.05) is 34.8 Å². The van der Waals surface area contributed by atoms with Gasteiger partial charge in [-0.1, -0.05) is 39.7 Å². The molecule has 4 heteroatoms. The van der Waals surface area contributed by atoms with Crippen LogP contribution < -0.4 is 5.32 Å². The molecular formula is C16H18BrClN2. The van der Waals surface area contributed by atoms with Gasteiger partial charge in [0.25, 0.3) is 0 Å². The first-order chi connectivity index (χ1) is 9.63. The molecule has 0 fully saturated rings. The van der Waals surface area contributed by atoms with Crippen molar-refractivity contribution in [1.82, 2.24) is 4.90 Å². The lowest BCUT2D eigenvalue weighted by Gasteiger charge is -2.17. The molecule has 0 bridgehead atoms. The van der Waals surface area contributed by atoms with Crippen molar-refractivity contribution in [2.45, 2.75) is 6.54 Å². The molecule has 0 heterocycles. The number of benzene rings is 2. The Hall–Kier alpha value is -1.03. The zero-order valence-corrected chi connectivity index (χ0v) is 13.8. The number of rotatable bonds is 6. The van der Waals surface area contributed by atoms with E-state index in [4.69, 9.17) is 11.6 Å². The summed E-state index contributed by atoms with van der Waals surface area (Å²) in [7, 11) is 2.13. The van der Waals surface area contributed by atoms with E-state index in [-0.39, 0.29) is 0 Å². The third kappa shape index (κ3) is 5.16. The molecule has 0 atom stereocenters. The second-order valence-corrected chi connectivity index (χ2v) is 6.15. The van der Waals surface area contributed by atoms with Crippen molar-refractivity contribution in [2.75, 3.05) is 25.5 Å². The van der Waals surface area contributed by atoms with Gasteiger partial charge < -0.3 is 10.2 Å². The Morgan fingerprint density at radius 3 is 2.35 bits per heavy atom. The second-order valence-electron chi connectivity index (χ2n) is 4.80. The van der Waals surface area contributed by atoms with Crippen molar-refractivity contribution < 1.29 is 0 Å². The fraction of sp³-hybridized carbons (Fsp3) is 0.250. The molecule has 2 nitrogen and oxygen atoms in total. The lowest BCUT2D eigenvalue weighted by atomic mass is 10.2. The van der Waals surface area contributed by atoms with Crippen LogP contribution in [0.3, 0.4) is 0 Å². The fourth-order valence-corrected chi connectivity index (χ4v) is 2.33. The van der Waals surface area contributed by atoms with Crippen molar-refractivity contribution in [1.29, 1.82) is 0 Å². The van der Waals surface area contributed by atoms with Gasteiger partial charge in [-0.05, 0) is 49.0 Å². The third-order valence-electron chi connectivity index (χ3n) is 3.03. The lowest BCUT2D eigenvalue weighted by Crippen LogP contribution is -2.24. The van der Waals surface area contributed by atoms with Gasteiger partial charge in [-0.25, -0.2) is 0 Å². The van der Waals surface area contributed by atoms with E-state index < -0.39 is 0 Å². The first-order valence-electron chi connectivity index (χ1n) is 6.56. The van der Waals surface area contributed by atoms with Gasteiger partial charge in [0.15, 0.2) is 0 Å². The highest BCUT2D eigenvalue weighted by atomic mass is 79.9. The van der Waals surface area contributed by atoms with Crippen LogP contribution in [0.4, 0.5) is 5.69 Å². The smallest absolute Gasteiger partial charge is 0.0407 e. The summed E-state index contributed by atoms with van der Waals surface area (Å²) in [5.74, 6) is 0. The van der Waals surface area contributed by atoms with E-state index in [0.29, 0.717) is 0 Å². The maximum absolute atomic E-state index is 5.86. The molecular weight excluding hydrogens is 336 g/mol. The molecule has 0 aliphatic rings. The molecule has 106 valence electrons. The predicted octanol–water partition coefficient (Wildman–Crippen LogP) is 4.65. The van der Waals surface area contributed by atoms with Crippen LogP contribution in [0, 0.1) is 0 Å². The minimum absolute atomic E-state index is 0.767. The van der Waals surface area contributed by atoms with Crippen LogP contribution in [0.15, 0.2) is 53.0 Å². The van der Waals surface area contributed by atoms with Gasteiger partial charge in [-0.15, -0.1) is 0 Å². The minimum Gasteiger partial charge on any atom is -0.384 e. The Bertz CT molecular complexity index is 525. The van der Waals surface area contributed by atoms with Crippen molar-refractivity contribution >= 4 is 33.2 Å². The number of hydrogen-bond acceptors (Lipinski definition) is 2. The third-order valence-corrected chi connectivity index (χ3v) is 3.81. The number of anilines is 1. The number of nitrogens with one attached hydrogen (secondary N) is 1. The molecule has 0 aliphatic heterocycles. The van der Waals surface area contributed by atoms with E-state index in [0.717, 1.165) is 34.8 Å². The zero-order chi connectivity index (χ0) is 14.4. The molecule has 0 aliphatic carbocycles. The molecule has 20 heavy (non-hydrogen) atoms. The van der Waals surface area contributed by atoms with Gasteiger partial charge in [0.05, 0.1) is 0 Å². The predicted molar refractivity (Wildman–Crippen MR) is 90.4 cm³/mol. The Morgan fingerprint density at radius 2 is 1.70 bits per heavy atom. The molecule has 0 unspecified atom stereocenters. The van der Waals surface area contributed by atoms with Gasteiger partial charge in [-0.3, -0.25) is 0 Å². The lowest BCUT2D eigenvalue weighted by molar-refractivity contribution is 0.340. The molecule has 0 aromatic heterocycles. The maximum atomic E-state index is 5.86. The normalized spacial score (nSPS) is 10.8. The fourth-order valence-electron chi connectivity index (χ4n) is 1.94. The number of likely N-dealkylation sites (N-methyl/N-ethyl adjacent to an activating group) is 1. The molecule has 0 saturated heterocycles. The summed E-state index contributed by atoms with van der Waals surface area (Å²) >= 11 is 9.31. The van der Waals surface area contributed by atoms with Crippen molar-refractivity contribution in [3.05, 3.63) is 63.6 Å². The van der Waals surface area contributed by atoms with Crippen LogP contribution >= 0.6 is 27.5 Å². The van der Waals surface area contributed by atoms with E-state index >= 15 is 0 Å². The van der Waals surface area contributed by atoms with Gasteiger partial charge in [-0.2, -0.15) is 0 Å². The first-order valence-corrected chi connectivity index (χ1v) is 7.73. The summed E-state index contributed by atoms with van der Waals surface area (Å²) in [5, 5.41) is 4.16. The van der Waals surface area contributed by atoms with Gasteiger partial charge in [0.2, 0.25) is 0 Å². The van der Waals surface area contributed by atoms with E-state index in [9.17, 15) is 0 Å². The standard InChI is InChI=1S/C16H18BrClN2/c1-20(12-13-2-4-14(17)5-3-13)11-10-19-16-8-6-15(18)7-9-16/h2-9,19H,10-12H2,1H3. The average Bonchev–Trinajstić information content (AvgIpc) is 2.44. The molecule has 0 radical (unpaired) electrons. The van der Waals surface area contributed by atoms with E-state index in [1.807, 2.05) is 24.3 Å². The number of nitrogens with zero attached hydrogens (tertiary/aromatic N) is 1. The molecule has 0 amide bonds. The topological polar surface area (TPSA) is 15.3 Å². The van der Waals surface area contributed by atoms with Gasteiger partial charge >= 0.3 is 0 Å². The van der Waals surface area contributed by atoms with E-state index in [2.05, 4.69) is 57.5 Å². The summed E-state index contributed by atoms with van der Waals surface area (Å²) in [6.07, 6.45) is 0. The number of hydrogen-bond donors (Lipinski definition) is 1. The summed E-state index contributed by atoms with van der Waals surface area (Å²) in [5.41, 5.74) is 2.42. The molecule has 2 aromatic rings. The molecule has 2 aromatic carbocycles. The highest BCUT2D eigenvalue weighted by molar-refractivity contribution is 9.10. The molecule has 1 N–H and O–H groups in total. The Kier molecular flexibility index (Phi) is 5.89. The quantitative estimate of drug-likeness (QED) is 0.813. The summed E-state index contributed by atoms with van der Waals surface area (Å²) in [6, 6.07) is 16.2. The molecule has 0 spiro atoms. The summed E-state index contributed by atoms with van der Waals surface area (Å²) < 4.78 is 1.12. The SMILES string of the molecule is CN(CCNc1ccc(Cl)cc1)Cc1ccc(Br)cc1. The van der Waals surface area contributed by atoms with Crippen LogP contribution in [0.1, 0.15) is 5.56 Å². The van der Waals surface area contributed by atoms with Crippen LogP contribution in [0.2, 0.25) is 5.02 Å². The van der Waals surface area contributed by atoms with Crippen molar-refractivity contribution in [3.8, 4) is 0 Å². The maximum Gasteiger partial charge on any atom is 0.0407 e. The number of halogens is 2. The van der Waals surface area contributed by atoms with Gasteiger partial charge in [0.1, 0.15) is 0 Å². The van der Waals surface area contributed by atoms with Crippen LogP contribution in [0.5, 0.6) is 0 Å². The van der Waals surface area contributed by atoms with Crippen LogP contribution in [-0.2, 0) is 6.54 Å². The highest BCUT2D eigenvalue weighted by Crippen LogP contribution is 2.13. The highest BCUT2D eigenvalue weighted by Gasteiger charge is 2.00. The Labute approximate surface area is 133 Å². The summed E-state index contributed by atoms with van der Waals surface area (Å²) in [6.45, 7) is 2.85. The van der Waals surface area contributed by atoms with Crippen LogP contribution in [0.25, 0.3) is 0 Å². The zero-order valence-electron chi connectivity index (χ0n) is 11.4. The van der Waals surface area contributed by atoms with E-state index in [1.165, 1.54) is 5.56 Å². The summed E-state index contributed by atoms with van der Waals surface area (Å²) in [4.78, 5) is 2.30. The first kappa shape index (κ1) is 15.4. The van der Waals surface area contributed by atoms with E-state index in [1.54, 1.807) is 0 Å². The van der Waals surface area contributed by atoms with Crippen LogP contribution in [-0.4, -0.2) is 25.0 Å². The molecule has 2 rings (SSSR count). The Balaban J connectivity index is 1.73.